The molecule has 23 heavy (non-hydrogen) atoms. The highest BCUT2D eigenvalue weighted by Crippen LogP contribution is 2.20. The van der Waals surface area contributed by atoms with Gasteiger partial charge in [-0.15, -0.1) is 0 Å². The van der Waals surface area contributed by atoms with Crippen molar-refractivity contribution >= 4 is 23.2 Å². The minimum Gasteiger partial charge on any atom is -0.493 e. The predicted molar refractivity (Wildman–Crippen MR) is 92.4 cm³/mol. The van der Waals surface area contributed by atoms with E-state index in [1.165, 1.54) is 0 Å². The molecule has 0 unspecified atom stereocenters. The van der Waals surface area contributed by atoms with E-state index in [2.05, 4.69) is 12.2 Å². The molecule has 1 N–H and O–H groups in total. The van der Waals surface area contributed by atoms with Crippen LogP contribution in [0.4, 0.5) is 5.69 Å². The van der Waals surface area contributed by atoms with E-state index < -0.39 is 0 Å². The molecular weight excluding hydrogens is 314 g/mol. The average Bonchev–Trinajstić information content (AvgIpc) is 2.54. The van der Waals surface area contributed by atoms with Crippen LogP contribution in [-0.2, 0) is 4.79 Å². The van der Waals surface area contributed by atoms with E-state index in [9.17, 15) is 4.79 Å². The van der Waals surface area contributed by atoms with Gasteiger partial charge in [-0.3, -0.25) is 4.79 Å². The van der Waals surface area contributed by atoms with Gasteiger partial charge in [0, 0.05) is 16.8 Å². The fourth-order valence-electron chi connectivity index (χ4n) is 1.90. The molecule has 2 rings (SSSR count). The van der Waals surface area contributed by atoms with Crippen LogP contribution in [0.1, 0.15) is 19.8 Å². The predicted octanol–water partition coefficient (Wildman–Crippen LogP) is 4.54. The zero-order valence-corrected chi connectivity index (χ0v) is 13.8. The lowest BCUT2D eigenvalue weighted by molar-refractivity contribution is -0.118. The normalized spacial score (nSPS) is 10.2. The Kier molecular flexibility index (Phi) is 6.76. The van der Waals surface area contributed by atoms with Gasteiger partial charge in [0.15, 0.2) is 6.61 Å². The fraction of sp³-hybridized carbons (Fsp3) is 0.278. The first-order chi connectivity index (χ1) is 11.2. The van der Waals surface area contributed by atoms with Crippen molar-refractivity contribution in [2.24, 2.45) is 0 Å². The number of amides is 1. The highest BCUT2D eigenvalue weighted by Gasteiger charge is 2.05. The average molecular weight is 334 g/mol. The van der Waals surface area contributed by atoms with Crippen LogP contribution in [0.25, 0.3) is 0 Å². The van der Waals surface area contributed by atoms with Gasteiger partial charge in [-0.25, -0.2) is 0 Å². The first-order valence-electron chi connectivity index (χ1n) is 7.58. The number of nitrogens with one attached hydrogen (secondary N) is 1. The molecule has 0 saturated carbocycles. The maximum atomic E-state index is 11.9. The van der Waals surface area contributed by atoms with Crippen molar-refractivity contribution in [2.45, 2.75) is 19.8 Å². The van der Waals surface area contributed by atoms with Crippen LogP contribution in [0.2, 0.25) is 5.02 Å². The Labute approximate surface area is 141 Å². The van der Waals surface area contributed by atoms with E-state index in [0.29, 0.717) is 23.1 Å². The molecule has 0 radical (unpaired) electrons. The molecule has 122 valence electrons. The molecule has 0 aliphatic heterocycles. The van der Waals surface area contributed by atoms with Crippen molar-refractivity contribution in [1.29, 1.82) is 0 Å². The van der Waals surface area contributed by atoms with Gasteiger partial charge in [0.1, 0.15) is 11.5 Å². The molecule has 0 aromatic heterocycles. The Bertz CT molecular complexity index is 646. The summed E-state index contributed by atoms with van der Waals surface area (Å²) in [6.45, 7) is 2.71. The van der Waals surface area contributed by atoms with Gasteiger partial charge in [-0.05, 0) is 36.8 Å². The third-order valence-corrected chi connectivity index (χ3v) is 3.29. The molecule has 0 aliphatic rings. The summed E-state index contributed by atoms with van der Waals surface area (Å²) in [5.41, 5.74) is 0.641. The standard InChI is InChI=1S/C18H20ClNO3/c1-2-3-10-22-16-8-5-9-17(12-16)23-13-18(21)20-15-7-4-6-14(19)11-15/h4-9,11-12H,2-3,10,13H2,1H3,(H,20,21). The Balaban J connectivity index is 1.83. The van der Waals surface area contributed by atoms with Crippen LogP contribution in [0.3, 0.4) is 0 Å². The molecule has 0 aliphatic carbocycles. The summed E-state index contributed by atoms with van der Waals surface area (Å²) in [5.74, 6) is 1.09. The highest BCUT2D eigenvalue weighted by atomic mass is 35.5. The van der Waals surface area contributed by atoms with E-state index in [1.54, 1.807) is 36.4 Å². The number of rotatable bonds is 8. The van der Waals surface area contributed by atoms with Gasteiger partial charge in [0.05, 0.1) is 6.61 Å². The van der Waals surface area contributed by atoms with Gasteiger partial charge in [-0.1, -0.05) is 37.1 Å². The van der Waals surface area contributed by atoms with Gasteiger partial charge < -0.3 is 14.8 Å². The van der Waals surface area contributed by atoms with Gasteiger partial charge in [0.2, 0.25) is 0 Å². The lowest BCUT2D eigenvalue weighted by atomic mass is 10.3. The summed E-state index contributed by atoms with van der Waals surface area (Å²) in [7, 11) is 0. The quantitative estimate of drug-likeness (QED) is 0.722. The summed E-state index contributed by atoms with van der Waals surface area (Å²) in [5, 5.41) is 3.30. The Morgan fingerprint density at radius 1 is 1.09 bits per heavy atom. The van der Waals surface area contributed by atoms with Gasteiger partial charge in [-0.2, -0.15) is 0 Å². The molecule has 2 aromatic carbocycles. The number of carbonyl (C=O) groups excluding carboxylic acids is 1. The number of unbranched alkanes of at least 4 members (excludes halogenated alkanes) is 1. The zero-order chi connectivity index (χ0) is 16.5. The van der Waals surface area contributed by atoms with Gasteiger partial charge in [0.25, 0.3) is 5.91 Å². The third-order valence-electron chi connectivity index (χ3n) is 3.05. The van der Waals surface area contributed by atoms with Crippen molar-refractivity contribution < 1.29 is 14.3 Å². The number of anilines is 1. The second-order valence-electron chi connectivity index (χ2n) is 5.02. The topological polar surface area (TPSA) is 47.6 Å². The molecule has 0 bridgehead atoms. The van der Waals surface area contributed by atoms with E-state index in [-0.39, 0.29) is 12.5 Å². The van der Waals surface area contributed by atoms with Gasteiger partial charge >= 0.3 is 0 Å². The maximum Gasteiger partial charge on any atom is 0.262 e. The summed E-state index contributed by atoms with van der Waals surface area (Å²) in [6.07, 6.45) is 2.09. The number of ether oxygens (including phenoxy) is 2. The molecule has 0 heterocycles. The largest absolute Gasteiger partial charge is 0.493 e. The fourth-order valence-corrected chi connectivity index (χ4v) is 2.09. The van der Waals surface area contributed by atoms with Crippen molar-refractivity contribution in [1.82, 2.24) is 0 Å². The van der Waals surface area contributed by atoms with Crippen molar-refractivity contribution in [2.75, 3.05) is 18.5 Å². The van der Waals surface area contributed by atoms with E-state index in [4.69, 9.17) is 21.1 Å². The zero-order valence-electron chi connectivity index (χ0n) is 13.0. The number of carbonyl (C=O) groups is 1. The molecule has 0 fully saturated rings. The lowest BCUT2D eigenvalue weighted by Crippen LogP contribution is -2.20. The number of hydrogen-bond acceptors (Lipinski definition) is 3. The SMILES string of the molecule is CCCCOc1cccc(OCC(=O)Nc2cccc(Cl)c2)c1. The molecule has 5 heteroatoms. The van der Waals surface area contributed by atoms with Crippen LogP contribution < -0.4 is 14.8 Å². The molecule has 0 atom stereocenters. The van der Waals surface area contributed by atoms with Crippen LogP contribution in [0, 0.1) is 0 Å². The molecular formula is C18H20ClNO3. The summed E-state index contributed by atoms with van der Waals surface area (Å²) in [4.78, 5) is 11.9. The smallest absolute Gasteiger partial charge is 0.262 e. The first-order valence-corrected chi connectivity index (χ1v) is 7.96. The molecule has 1 amide bonds. The highest BCUT2D eigenvalue weighted by molar-refractivity contribution is 6.30. The Morgan fingerprint density at radius 3 is 2.57 bits per heavy atom. The maximum absolute atomic E-state index is 11.9. The third kappa shape index (κ3) is 6.20. The minimum absolute atomic E-state index is 0.0784. The van der Waals surface area contributed by atoms with E-state index >= 15 is 0 Å². The molecule has 4 nitrogen and oxygen atoms in total. The number of benzene rings is 2. The molecule has 0 saturated heterocycles. The summed E-state index contributed by atoms with van der Waals surface area (Å²) < 4.78 is 11.1. The lowest BCUT2D eigenvalue weighted by Gasteiger charge is -2.10. The van der Waals surface area contributed by atoms with Crippen LogP contribution in [0.5, 0.6) is 11.5 Å². The number of hydrogen-bond donors (Lipinski definition) is 1. The Hall–Kier alpha value is -2.20. The van der Waals surface area contributed by atoms with E-state index in [0.717, 1.165) is 18.6 Å². The van der Waals surface area contributed by atoms with Crippen molar-refractivity contribution in [3.8, 4) is 11.5 Å². The molecule has 0 spiro atoms. The van der Waals surface area contributed by atoms with Crippen LogP contribution in [-0.4, -0.2) is 19.1 Å². The van der Waals surface area contributed by atoms with Crippen molar-refractivity contribution in [3.63, 3.8) is 0 Å². The Morgan fingerprint density at radius 2 is 1.83 bits per heavy atom. The monoisotopic (exact) mass is 333 g/mol. The second-order valence-corrected chi connectivity index (χ2v) is 5.46. The summed E-state index contributed by atoms with van der Waals surface area (Å²) >= 11 is 5.87. The first kappa shape index (κ1) is 17.2. The van der Waals surface area contributed by atoms with Crippen molar-refractivity contribution in [3.05, 3.63) is 53.6 Å². The van der Waals surface area contributed by atoms with Crippen LogP contribution in [0.15, 0.2) is 48.5 Å². The second kappa shape index (κ2) is 9.06. The minimum atomic E-state index is -0.246. The van der Waals surface area contributed by atoms with E-state index in [1.807, 2.05) is 12.1 Å². The summed E-state index contributed by atoms with van der Waals surface area (Å²) in [6, 6.07) is 14.3. The van der Waals surface area contributed by atoms with Crippen LogP contribution >= 0.6 is 11.6 Å². The molecule has 2 aromatic rings. The number of halogens is 1.